The Hall–Kier alpha value is -5.52. The van der Waals surface area contributed by atoms with Gasteiger partial charge in [0.05, 0.1) is 49.2 Å². The van der Waals surface area contributed by atoms with E-state index >= 15 is 0 Å². The number of benzene rings is 2. The molecule has 7 rings (SSSR count). The van der Waals surface area contributed by atoms with Crippen LogP contribution in [-0.2, 0) is 16.0 Å². The zero-order chi connectivity index (χ0) is 37.0. The molecular weight excluding hydrogens is 670 g/mol. The average molecular weight is 712 g/mol. The van der Waals surface area contributed by atoms with Gasteiger partial charge in [-0.3, -0.25) is 14.6 Å². The second-order valence-corrected chi connectivity index (χ2v) is 13.4. The number of hydrogen-bond donors (Lipinski definition) is 2. The molecule has 0 spiro atoms. The van der Waals surface area contributed by atoms with Crippen molar-refractivity contribution in [1.82, 2.24) is 14.9 Å². The first-order chi connectivity index (χ1) is 25.8. The van der Waals surface area contributed by atoms with Gasteiger partial charge in [-0.25, -0.2) is 4.98 Å². The van der Waals surface area contributed by atoms with Crippen LogP contribution in [0.1, 0.15) is 67.6 Å². The molecule has 2 aliphatic heterocycles. The fraction of sp³-hybridized carbons (Fsp3) is 0.349. The summed E-state index contributed by atoms with van der Waals surface area (Å²) in [4.78, 5) is 38.2. The van der Waals surface area contributed by atoms with E-state index in [0.29, 0.717) is 59.5 Å². The molecule has 0 fully saturated rings. The Bertz CT molecular complexity index is 2210. The van der Waals surface area contributed by atoms with E-state index in [2.05, 4.69) is 28.7 Å². The highest BCUT2D eigenvalue weighted by Gasteiger charge is 2.42. The van der Waals surface area contributed by atoms with E-state index in [1.54, 1.807) is 36.2 Å². The monoisotopic (exact) mass is 711 g/mol. The third kappa shape index (κ3) is 7.40. The van der Waals surface area contributed by atoms with Crippen LogP contribution in [0.25, 0.3) is 16.6 Å². The number of carbonyl (C=O) groups excluding carboxylic acids is 2. The van der Waals surface area contributed by atoms with Crippen molar-refractivity contribution >= 4 is 28.3 Å². The first kappa shape index (κ1) is 35.9. The highest BCUT2D eigenvalue weighted by molar-refractivity contribution is 6.00. The van der Waals surface area contributed by atoms with Crippen LogP contribution >= 0.6 is 0 Å². The number of allylic oxidation sites excluding steroid dienone is 4. The molecule has 53 heavy (non-hydrogen) atoms. The molecule has 0 saturated heterocycles. The van der Waals surface area contributed by atoms with E-state index in [9.17, 15) is 19.8 Å². The Labute approximate surface area is 308 Å². The Morgan fingerprint density at radius 1 is 1.06 bits per heavy atom. The number of aliphatic hydroxyl groups excluding tert-OH is 1. The molecule has 1 aromatic heterocycles. The van der Waals surface area contributed by atoms with Crippen LogP contribution in [0.15, 0.2) is 83.7 Å². The molecule has 10 heteroatoms. The van der Waals surface area contributed by atoms with Crippen molar-refractivity contribution in [2.24, 2.45) is 0 Å². The average Bonchev–Trinajstić information content (AvgIpc) is 3.55. The van der Waals surface area contributed by atoms with Crippen LogP contribution in [0.4, 0.5) is 0 Å². The van der Waals surface area contributed by atoms with Crippen molar-refractivity contribution in [3.63, 3.8) is 0 Å². The van der Waals surface area contributed by atoms with Gasteiger partial charge in [0.2, 0.25) is 0 Å². The van der Waals surface area contributed by atoms with E-state index in [1.807, 2.05) is 49.5 Å². The molecule has 3 aromatic rings. The largest absolute Gasteiger partial charge is 0.490 e. The number of ketones is 1. The van der Waals surface area contributed by atoms with Gasteiger partial charge in [-0.05, 0) is 91.3 Å². The van der Waals surface area contributed by atoms with E-state index < -0.39 is 11.7 Å². The minimum atomic E-state index is -1.62. The molecule has 1 unspecified atom stereocenters. The lowest BCUT2D eigenvalue weighted by atomic mass is 9.73. The smallest absolute Gasteiger partial charge is 0.258 e. The van der Waals surface area contributed by atoms with E-state index in [4.69, 9.17) is 19.2 Å². The summed E-state index contributed by atoms with van der Waals surface area (Å²) in [5.74, 6) is 12.3. The lowest BCUT2D eigenvalue weighted by molar-refractivity contribution is -0.118. The molecular formula is C43H41N3O7. The minimum absolute atomic E-state index is 0.0176. The summed E-state index contributed by atoms with van der Waals surface area (Å²) < 4.78 is 18.4. The quantitative estimate of drug-likeness (QED) is 0.201. The fourth-order valence-corrected chi connectivity index (χ4v) is 7.25. The molecule has 2 bridgehead atoms. The van der Waals surface area contributed by atoms with Gasteiger partial charge in [0.1, 0.15) is 12.7 Å². The first-order valence-corrected chi connectivity index (χ1v) is 18.1. The zero-order valence-corrected chi connectivity index (χ0v) is 29.9. The number of nitrogens with zero attached hydrogens (tertiary/aromatic N) is 3. The van der Waals surface area contributed by atoms with Crippen LogP contribution in [0, 0.1) is 23.7 Å². The second kappa shape index (κ2) is 15.6. The van der Waals surface area contributed by atoms with Gasteiger partial charge in [-0.2, -0.15) is 0 Å². The molecule has 10 nitrogen and oxygen atoms in total. The number of hydrogen-bond acceptors (Lipinski definition) is 9. The second-order valence-electron chi connectivity index (χ2n) is 13.4. The van der Waals surface area contributed by atoms with Crippen LogP contribution in [0.5, 0.6) is 11.5 Å². The van der Waals surface area contributed by atoms with Crippen molar-refractivity contribution in [2.45, 2.75) is 70.1 Å². The number of aliphatic hydroxyl groups is 2. The predicted molar refractivity (Wildman–Crippen MR) is 200 cm³/mol. The lowest BCUT2D eigenvalue weighted by Gasteiger charge is -2.35. The lowest BCUT2D eigenvalue weighted by Crippen LogP contribution is -2.41. The minimum Gasteiger partial charge on any atom is -0.490 e. The number of rotatable bonds is 11. The van der Waals surface area contributed by atoms with Gasteiger partial charge in [-0.15, -0.1) is 0 Å². The highest BCUT2D eigenvalue weighted by atomic mass is 16.5. The van der Waals surface area contributed by atoms with Crippen molar-refractivity contribution in [3.8, 4) is 35.2 Å². The van der Waals surface area contributed by atoms with Crippen molar-refractivity contribution in [1.29, 1.82) is 0 Å². The van der Waals surface area contributed by atoms with E-state index in [-0.39, 0.29) is 50.6 Å². The normalized spacial score (nSPS) is 23.3. The Morgan fingerprint density at radius 2 is 1.85 bits per heavy atom. The van der Waals surface area contributed by atoms with Crippen molar-refractivity contribution < 1.29 is 34.0 Å². The number of Topliss-reactive ketones (excluding diaryl/α,β-unsaturated/α-hetero) is 1. The van der Waals surface area contributed by atoms with Gasteiger partial charge in [0, 0.05) is 29.8 Å². The summed E-state index contributed by atoms with van der Waals surface area (Å²) in [5.41, 5.74) is 4.80. The Kier molecular flexibility index (Phi) is 10.6. The standard InChI is InChI=1S/C43H41N3O7/c1-3-11-33-41-28(2)37(48)25-43(33,50)17-9-5-4-6-14-38(41)51-19-10-20-52-39-23-29-15-16-31-22-30(36-26-44-34-12-7-8-13-35(34)45-36)27-46(31)42(49)32(29)24-40(39)53-21-18-47/h4-5,7-8,11-13,23-24,26-27,31,38,47,50H,3,10,15-16,18-22,25H2,1-2H3/b5-4-,33-11+/t31?,38-,43-/m0/s1. The predicted octanol–water partition coefficient (Wildman–Crippen LogP) is 5.29. The summed E-state index contributed by atoms with van der Waals surface area (Å²) in [6.07, 6.45) is 11.1. The molecule has 4 aliphatic rings. The number of carbonyl (C=O) groups is 2. The summed E-state index contributed by atoms with van der Waals surface area (Å²) in [5, 5.41) is 21.0. The fourth-order valence-electron chi connectivity index (χ4n) is 7.25. The summed E-state index contributed by atoms with van der Waals surface area (Å²) in [6.45, 7) is 4.06. The number of aromatic nitrogens is 2. The molecule has 3 heterocycles. The molecule has 2 N–H and O–H groups in total. The molecule has 270 valence electrons. The number of fused-ring (bicyclic) bond motifs is 5. The van der Waals surface area contributed by atoms with Gasteiger partial charge in [0.15, 0.2) is 22.9 Å². The van der Waals surface area contributed by atoms with Gasteiger partial charge >= 0.3 is 0 Å². The zero-order valence-electron chi connectivity index (χ0n) is 29.9. The number of aryl methyl sites for hydroxylation is 1. The number of ether oxygens (including phenoxy) is 3. The third-order valence-electron chi connectivity index (χ3n) is 9.87. The molecule has 1 amide bonds. The van der Waals surface area contributed by atoms with Gasteiger partial charge in [-0.1, -0.05) is 48.8 Å². The van der Waals surface area contributed by atoms with Crippen LogP contribution in [-0.4, -0.2) is 80.9 Å². The maximum atomic E-state index is 14.0. The third-order valence-corrected chi connectivity index (χ3v) is 9.87. The molecule has 2 aliphatic carbocycles. The maximum absolute atomic E-state index is 14.0. The highest BCUT2D eigenvalue weighted by Crippen LogP contribution is 2.40. The van der Waals surface area contributed by atoms with Gasteiger partial charge in [0.25, 0.3) is 5.91 Å². The molecule has 2 aromatic carbocycles. The molecule has 0 radical (unpaired) electrons. The molecule has 3 atom stereocenters. The van der Waals surface area contributed by atoms with E-state index in [1.165, 1.54) is 0 Å². The van der Waals surface area contributed by atoms with Crippen molar-refractivity contribution in [3.05, 3.63) is 101 Å². The van der Waals surface area contributed by atoms with Crippen LogP contribution < -0.4 is 9.47 Å². The molecule has 0 saturated carbocycles. The summed E-state index contributed by atoms with van der Waals surface area (Å²) in [6, 6.07) is 11.3. The van der Waals surface area contributed by atoms with E-state index in [0.717, 1.165) is 34.3 Å². The van der Waals surface area contributed by atoms with Gasteiger partial charge < -0.3 is 29.3 Å². The Morgan fingerprint density at radius 3 is 2.68 bits per heavy atom. The van der Waals surface area contributed by atoms with Crippen LogP contribution in [0.3, 0.4) is 0 Å². The number of amides is 1. The number of para-hydroxylation sites is 2. The van der Waals surface area contributed by atoms with Crippen molar-refractivity contribution in [2.75, 3.05) is 26.4 Å². The van der Waals surface area contributed by atoms with Crippen LogP contribution in [0.2, 0.25) is 0 Å². The summed E-state index contributed by atoms with van der Waals surface area (Å²) in [7, 11) is 0. The Balaban J connectivity index is 1.06. The summed E-state index contributed by atoms with van der Waals surface area (Å²) >= 11 is 0. The SMILES string of the molecule is CC/C=C1\C2=C(C)C(=O)C[C@@]1(O)C#C/C=C\C#C[C@@H]2OCCCOc1cc2c(cc1OCCO)C(=O)N1C=C(c3cnc4ccccc4n3)CC1CC2. The first-order valence-electron chi connectivity index (χ1n) is 18.1. The maximum Gasteiger partial charge on any atom is 0.258 e. The topological polar surface area (TPSA) is 131 Å².